The van der Waals surface area contributed by atoms with Crippen molar-refractivity contribution in [3.05, 3.63) is 77.2 Å². The van der Waals surface area contributed by atoms with Crippen LogP contribution in [0.25, 0.3) is 17.0 Å². The molecule has 0 amide bonds. The molecule has 3 aromatic rings. The molecular formula is C27H27F3N2O3. The summed E-state index contributed by atoms with van der Waals surface area (Å²) in [6.07, 6.45) is 6.05. The van der Waals surface area contributed by atoms with Gasteiger partial charge in [0.25, 0.3) is 0 Å². The molecule has 1 aromatic heterocycles. The van der Waals surface area contributed by atoms with Crippen LogP contribution in [-0.2, 0) is 16.0 Å². The quantitative estimate of drug-likeness (QED) is 0.392. The molecule has 184 valence electrons. The highest BCUT2D eigenvalue weighted by Gasteiger charge is 2.49. The van der Waals surface area contributed by atoms with Gasteiger partial charge in [-0.3, -0.25) is 14.7 Å². The Balaban J connectivity index is 1.39. The molecule has 1 aliphatic heterocycles. The Morgan fingerprint density at radius 2 is 1.91 bits per heavy atom. The average molecular weight is 485 g/mol. The van der Waals surface area contributed by atoms with E-state index in [0.717, 1.165) is 18.2 Å². The first-order chi connectivity index (χ1) is 16.8. The first-order valence-corrected chi connectivity index (χ1v) is 11.4. The maximum Gasteiger partial charge on any atom is 0.314 e. The summed E-state index contributed by atoms with van der Waals surface area (Å²) >= 11 is 0. The van der Waals surface area contributed by atoms with Crippen molar-refractivity contribution in [3.63, 3.8) is 0 Å². The second-order valence-electron chi connectivity index (χ2n) is 8.83. The van der Waals surface area contributed by atoms with E-state index in [1.54, 1.807) is 31.4 Å². The Kier molecular flexibility index (Phi) is 7.40. The lowest BCUT2D eigenvalue weighted by atomic mass is 9.75. The Hall–Kier alpha value is -3.39. The molecular weight excluding hydrogens is 457 g/mol. The van der Waals surface area contributed by atoms with Crippen LogP contribution in [-0.4, -0.2) is 49.7 Å². The third-order valence-corrected chi connectivity index (χ3v) is 6.51. The van der Waals surface area contributed by atoms with Gasteiger partial charge in [-0.2, -0.15) is 0 Å². The normalized spacial score (nSPS) is 15.3. The van der Waals surface area contributed by atoms with Gasteiger partial charge >= 0.3 is 5.97 Å². The molecule has 5 nitrogen and oxygen atoms in total. The van der Waals surface area contributed by atoms with Crippen molar-refractivity contribution in [2.24, 2.45) is 5.41 Å². The number of esters is 1. The van der Waals surface area contributed by atoms with Crippen molar-refractivity contribution in [1.82, 2.24) is 9.88 Å². The van der Waals surface area contributed by atoms with Crippen LogP contribution in [0.1, 0.15) is 24.0 Å². The molecule has 1 fully saturated rings. The highest BCUT2D eigenvalue weighted by atomic mass is 19.1. The number of pyridine rings is 1. The van der Waals surface area contributed by atoms with Gasteiger partial charge in [-0.15, -0.1) is 0 Å². The number of methoxy groups -OCH3 is 2. The second kappa shape index (κ2) is 10.5. The van der Waals surface area contributed by atoms with Crippen molar-refractivity contribution in [3.8, 4) is 5.75 Å². The first kappa shape index (κ1) is 24.7. The molecule has 0 spiro atoms. The summed E-state index contributed by atoms with van der Waals surface area (Å²) in [6.45, 7) is 1.43. The molecule has 0 radical (unpaired) electrons. The number of aromatic nitrogens is 1. The molecule has 0 N–H and O–H groups in total. The fraction of sp³-hybridized carbons (Fsp3) is 0.333. The number of nitrogens with zero attached hydrogens (tertiary/aromatic N) is 2. The van der Waals surface area contributed by atoms with Crippen molar-refractivity contribution in [2.75, 3.05) is 33.9 Å². The number of hydrogen-bond donors (Lipinski definition) is 0. The molecule has 0 unspecified atom stereocenters. The summed E-state index contributed by atoms with van der Waals surface area (Å²) in [5.41, 5.74) is 0.725. The minimum absolute atomic E-state index is 0.174. The van der Waals surface area contributed by atoms with Crippen LogP contribution in [0.2, 0.25) is 0 Å². The number of fused-ring (bicyclic) bond motifs is 1. The van der Waals surface area contributed by atoms with Crippen LogP contribution in [0.4, 0.5) is 13.2 Å². The molecule has 2 aromatic carbocycles. The number of halogens is 3. The lowest BCUT2D eigenvalue weighted by Crippen LogP contribution is -2.60. The number of rotatable bonds is 9. The molecule has 0 bridgehead atoms. The van der Waals surface area contributed by atoms with E-state index >= 15 is 0 Å². The van der Waals surface area contributed by atoms with Crippen molar-refractivity contribution in [2.45, 2.75) is 19.3 Å². The number of carbonyl (C=O) groups is 1. The van der Waals surface area contributed by atoms with Crippen LogP contribution in [0.15, 0.2) is 48.7 Å². The smallest absolute Gasteiger partial charge is 0.314 e. The van der Waals surface area contributed by atoms with Crippen LogP contribution in [0.3, 0.4) is 0 Å². The van der Waals surface area contributed by atoms with E-state index in [1.807, 2.05) is 4.90 Å². The largest absolute Gasteiger partial charge is 0.497 e. The molecule has 2 heterocycles. The number of aryl methyl sites for hydroxylation is 1. The minimum atomic E-state index is -0.677. The topological polar surface area (TPSA) is 51.7 Å². The van der Waals surface area contributed by atoms with Gasteiger partial charge in [-0.25, -0.2) is 13.2 Å². The summed E-state index contributed by atoms with van der Waals surface area (Å²) in [6, 6.07) is 8.65. The van der Waals surface area contributed by atoms with Gasteiger partial charge in [0.05, 0.1) is 31.3 Å². The van der Waals surface area contributed by atoms with E-state index in [9.17, 15) is 18.0 Å². The lowest BCUT2D eigenvalue weighted by molar-refractivity contribution is -0.164. The summed E-state index contributed by atoms with van der Waals surface area (Å²) in [4.78, 5) is 18.8. The van der Waals surface area contributed by atoms with E-state index in [1.165, 1.54) is 19.4 Å². The predicted molar refractivity (Wildman–Crippen MR) is 127 cm³/mol. The molecule has 0 aliphatic carbocycles. The first-order valence-electron chi connectivity index (χ1n) is 11.4. The molecule has 1 saturated heterocycles. The number of likely N-dealkylation sites (tertiary alicyclic amines) is 1. The number of ether oxygens (including phenoxy) is 2. The van der Waals surface area contributed by atoms with Crippen molar-refractivity contribution in [1.29, 1.82) is 0 Å². The zero-order valence-corrected chi connectivity index (χ0v) is 19.7. The zero-order chi connectivity index (χ0) is 25.0. The maximum atomic E-state index is 14.6. The van der Waals surface area contributed by atoms with Crippen LogP contribution >= 0.6 is 0 Å². The van der Waals surface area contributed by atoms with Gasteiger partial charge in [0.2, 0.25) is 0 Å². The third-order valence-electron chi connectivity index (χ3n) is 6.51. The van der Waals surface area contributed by atoms with E-state index < -0.39 is 17.0 Å². The summed E-state index contributed by atoms with van der Waals surface area (Å²) in [7, 11) is 2.92. The highest BCUT2D eigenvalue weighted by Crippen LogP contribution is 2.37. The highest BCUT2D eigenvalue weighted by molar-refractivity contribution is 5.83. The van der Waals surface area contributed by atoms with Crippen molar-refractivity contribution >= 4 is 22.9 Å². The molecule has 8 heteroatoms. The van der Waals surface area contributed by atoms with Crippen LogP contribution in [0.5, 0.6) is 5.75 Å². The molecule has 4 rings (SSSR count). The predicted octanol–water partition coefficient (Wildman–Crippen LogP) is 5.17. The van der Waals surface area contributed by atoms with Gasteiger partial charge < -0.3 is 9.47 Å². The number of hydrogen-bond acceptors (Lipinski definition) is 5. The monoisotopic (exact) mass is 484 g/mol. The Morgan fingerprint density at radius 1 is 1.11 bits per heavy atom. The standard InChI is InChI=1S/C27H27F3N2O3/c1-34-20-8-10-25-22(14-20)21(24(30)15-31-25)6-3-11-27(26(33)35-2)16-32(17-27)12-4-5-18-13-19(28)7-9-23(18)29/h4-5,7-10,13-15H,3,6,11-12,16-17H2,1-2H3/b5-4+. The Bertz CT molecular complexity index is 1260. The molecule has 0 saturated carbocycles. The summed E-state index contributed by atoms with van der Waals surface area (Å²) < 4.78 is 52.1. The van der Waals surface area contributed by atoms with Gasteiger partial charge in [0, 0.05) is 30.6 Å². The Morgan fingerprint density at radius 3 is 2.66 bits per heavy atom. The summed E-state index contributed by atoms with van der Waals surface area (Å²) in [5, 5.41) is 0.696. The van der Waals surface area contributed by atoms with E-state index in [0.29, 0.717) is 61.1 Å². The van der Waals surface area contributed by atoms with Gasteiger partial charge in [0.1, 0.15) is 23.2 Å². The maximum absolute atomic E-state index is 14.6. The van der Waals surface area contributed by atoms with E-state index in [-0.39, 0.29) is 17.3 Å². The van der Waals surface area contributed by atoms with Gasteiger partial charge in [-0.1, -0.05) is 12.2 Å². The second-order valence-corrected chi connectivity index (χ2v) is 8.83. The molecule has 0 atom stereocenters. The number of benzene rings is 2. The van der Waals surface area contributed by atoms with Gasteiger partial charge in [-0.05, 0) is 61.2 Å². The SMILES string of the molecule is COC(=O)C1(CCCc2c(F)cnc3ccc(OC)cc23)CN(C/C=C/c2cc(F)ccc2F)C1. The minimum Gasteiger partial charge on any atom is -0.497 e. The fourth-order valence-electron chi connectivity index (χ4n) is 4.70. The van der Waals surface area contributed by atoms with Crippen LogP contribution in [0, 0.1) is 22.9 Å². The van der Waals surface area contributed by atoms with E-state index in [4.69, 9.17) is 9.47 Å². The average Bonchev–Trinajstić information content (AvgIpc) is 2.84. The van der Waals surface area contributed by atoms with Gasteiger partial charge in [0.15, 0.2) is 0 Å². The summed E-state index contributed by atoms with van der Waals surface area (Å²) in [5.74, 6) is -1.06. The molecule has 35 heavy (non-hydrogen) atoms. The van der Waals surface area contributed by atoms with Crippen LogP contribution < -0.4 is 4.74 Å². The molecule has 1 aliphatic rings. The van der Waals surface area contributed by atoms with E-state index in [2.05, 4.69) is 4.98 Å². The zero-order valence-electron chi connectivity index (χ0n) is 19.7. The van der Waals surface area contributed by atoms with Crippen molar-refractivity contribution < 1.29 is 27.4 Å². The number of carbonyl (C=O) groups excluding carboxylic acids is 1. The lowest BCUT2D eigenvalue weighted by Gasteiger charge is -2.47. The fourth-order valence-corrected chi connectivity index (χ4v) is 4.70. The Labute approximate surface area is 202 Å². The third kappa shape index (κ3) is 5.32.